The van der Waals surface area contributed by atoms with Gasteiger partial charge >= 0.3 is 0 Å². The minimum absolute atomic E-state index is 0.446. The van der Waals surface area contributed by atoms with Crippen LogP contribution in [-0.4, -0.2) is 57.0 Å². The summed E-state index contributed by atoms with van der Waals surface area (Å²) >= 11 is 0. The van der Waals surface area contributed by atoms with Crippen molar-refractivity contribution >= 4 is 0 Å². The van der Waals surface area contributed by atoms with Crippen molar-refractivity contribution in [3.05, 3.63) is 70.6 Å². The van der Waals surface area contributed by atoms with Gasteiger partial charge in [-0.15, -0.1) is 6.58 Å². The van der Waals surface area contributed by atoms with E-state index in [1.807, 2.05) is 22.4 Å². The second kappa shape index (κ2) is 21.2. The fraction of sp³-hybridized carbons (Fsp3) is 0.824. The van der Waals surface area contributed by atoms with Crippen LogP contribution in [0.5, 0.6) is 0 Å². The number of hydrogen-bond acceptors (Lipinski definition) is 3. The van der Waals surface area contributed by atoms with Crippen molar-refractivity contribution in [2.75, 3.05) is 0 Å². The monoisotopic (exact) mass is 962 g/mol. The summed E-state index contributed by atoms with van der Waals surface area (Å²) in [7, 11) is 0. The molecular weight excluding hydrogens is 859 g/mol. The van der Waals surface area contributed by atoms with Gasteiger partial charge < -0.3 is 9.80 Å². The van der Waals surface area contributed by atoms with E-state index >= 15 is 0 Å². The van der Waals surface area contributed by atoms with Crippen molar-refractivity contribution in [2.45, 2.75) is 300 Å². The van der Waals surface area contributed by atoms with E-state index in [2.05, 4.69) is 64.2 Å². The van der Waals surface area contributed by atoms with E-state index in [1.165, 1.54) is 212 Å². The van der Waals surface area contributed by atoms with Crippen LogP contribution in [0.15, 0.2) is 70.6 Å². The maximum absolute atomic E-state index is 4.09. The Kier molecular flexibility index (Phi) is 14.5. The zero-order chi connectivity index (χ0) is 47.5. The number of fused-ring (bicyclic) bond motifs is 6. The molecule has 6 fully saturated rings. The van der Waals surface area contributed by atoms with Crippen molar-refractivity contribution in [1.82, 2.24) is 14.7 Å². The number of hydrogen-bond donors (Lipinski definition) is 0. The Morgan fingerprint density at radius 1 is 0.620 bits per heavy atom. The normalized spacial score (nSPS) is 41.8. The lowest BCUT2D eigenvalue weighted by Gasteiger charge is -2.70. The largest absolute Gasteiger partial charge is 0.368 e. The molecule has 14 atom stereocenters. The van der Waals surface area contributed by atoms with E-state index in [4.69, 9.17) is 0 Å². The second-order valence-electron chi connectivity index (χ2n) is 27.7. The molecule has 0 bridgehead atoms. The Balaban J connectivity index is 0.851. The Morgan fingerprint density at radius 2 is 1.32 bits per heavy atom. The average molecular weight is 963 g/mol. The van der Waals surface area contributed by atoms with Gasteiger partial charge in [0.2, 0.25) is 0 Å². The Hall–Kier alpha value is -2.00. The molecule has 0 N–H and O–H groups in total. The Morgan fingerprint density at radius 3 is 2.08 bits per heavy atom. The first-order valence-electron chi connectivity index (χ1n) is 32.6. The third kappa shape index (κ3) is 8.65. The molecule has 5 saturated carbocycles. The smallest absolute Gasteiger partial charge is 0.0543 e. The lowest BCUT2D eigenvalue weighted by molar-refractivity contribution is -0.182. The van der Waals surface area contributed by atoms with Crippen LogP contribution in [0.4, 0.5) is 0 Å². The molecule has 0 aromatic carbocycles. The molecule has 390 valence electrons. The number of allylic oxidation sites excluding steroid dienone is 7. The first kappa shape index (κ1) is 48.6. The third-order valence-corrected chi connectivity index (χ3v) is 24.6. The molecule has 0 spiro atoms. The molecule has 13 rings (SSSR count). The van der Waals surface area contributed by atoms with Gasteiger partial charge in [-0.3, -0.25) is 4.90 Å². The van der Waals surface area contributed by atoms with Crippen LogP contribution < -0.4 is 0 Å². The maximum Gasteiger partial charge on any atom is 0.0543 e. The van der Waals surface area contributed by atoms with Gasteiger partial charge in [-0.05, 0) is 277 Å². The number of rotatable bonds is 11. The zero-order valence-corrected chi connectivity index (χ0v) is 45.7. The van der Waals surface area contributed by atoms with Gasteiger partial charge in [0, 0.05) is 59.0 Å². The van der Waals surface area contributed by atoms with E-state index in [9.17, 15) is 0 Å². The van der Waals surface area contributed by atoms with Crippen LogP contribution in [0, 0.1) is 52.8 Å². The van der Waals surface area contributed by atoms with Crippen LogP contribution in [0.2, 0.25) is 0 Å². The van der Waals surface area contributed by atoms with Crippen LogP contribution in [0.25, 0.3) is 0 Å². The predicted octanol–water partition coefficient (Wildman–Crippen LogP) is 17.9. The van der Waals surface area contributed by atoms with E-state index in [1.54, 1.807) is 44.2 Å². The molecule has 13 aliphatic rings. The summed E-state index contributed by atoms with van der Waals surface area (Å²) < 4.78 is 0. The van der Waals surface area contributed by atoms with Gasteiger partial charge in [-0.2, -0.15) is 0 Å². The van der Waals surface area contributed by atoms with Crippen molar-refractivity contribution in [1.29, 1.82) is 0 Å². The molecule has 3 aliphatic heterocycles. The van der Waals surface area contributed by atoms with E-state index < -0.39 is 0 Å². The molecule has 0 radical (unpaired) electrons. The van der Waals surface area contributed by atoms with Crippen molar-refractivity contribution in [3.8, 4) is 0 Å². The topological polar surface area (TPSA) is 9.72 Å². The van der Waals surface area contributed by atoms with Crippen LogP contribution in [0.1, 0.15) is 257 Å². The molecule has 0 aromatic heterocycles. The summed E-state index contributed by atoms with van der Waals surface area (Å²) in [5, 5.41) is 0. The quantitative estimate of drug-likeness (QED) is 0.151. The summed E-state index contributed by atoms with van der Waals surface area (Å²) in [5.74, 6) is 7.16. The third-order valence-electron chi connectivity index (χ3n) is 24.6. The number of nitrogens with zero attached hydrogens (tertiary/aromatic N) is 3. The Labute approximate surface area is 435 Å². The predicted molar refractivity (Wildman–Crippen MR) is 298 cm³/mol. The number of piperidine rings is 1. The van der Waals surface area contributed by atoms with Crippen molar-refractivity contribution in [3.63, 3.8) is 0 Å². The van der Waals surface area contributed by atoms with Crippen LogP contribution in [0.3, 0.4) is 0 Å². The lowest BCUT2D eigenvalue weighted by atomic mass is 9.42. The highest BCUT2D eigenvalue weighted by Gasteiger charge is 2.65. The van der Waals surface area contributed by atoms with Crippen LogP contribution in [-0.2, 0) is 0 Å². The summed E-state index contributed by atoms with van der Waals surface area (Å²) in [6, 6.07) is 5.48. The summed E-state index contributed by atoms with van der Waals surface area (Å²) in [6.45, 7) is 6.67. The maximum atomic E-state index is 4.09. The number of likely N-dealkylation sites (tertiary alicyclic amines) is 1. The highest BCUT2D eigenvalue weighted by molar-refractivity contribution is 5.48. The second-order valence-corrected chi connectivity index (χ2v) is 27.7. The fourth-order valence-electron chi connectivity index (χ4n) is 22.0. The van der Waals surface area contributed by atoms with Crippen molar-refractivity contribution in [2.24, 2.45) is 52.8 Å². The summed E-state index contributed by atoms with van der Waals surface area (Å²) in [6.07, 6.45) is 69.8. The van der Waals surface area contributed by atoms with E-state index in [0.29, 0.717) is 17.5 Å². The molecule has 71 heavy (non-hydrogen) atoms. The molecule has 14 unspecified atom stereocenters. The van der Waals surface area contributed by atoms with E-state index in [-0.39, 0.29) is 0 Å². The van der Waals surface area contributed by atoms with Crippen LogP contribution >= 0.6 is 0 Å². The van der Waals surface area contributed by atoms with Crippen molar-refractivity contribution < 1.29 is 0 Å². The highest BCUT2D eigenvalue weighted by Crippen LogP contribution is 2.69. The minimum Gasteiger partial charge on any atom is -0.368 e. The molecule has 0 aromatic rings. The first-order valence-corrected chi connectivity index (χ1v) is 32.6. The Bertz CT molecular complexity index is 2050. The lowest BCUT2D eigenvalue weighted by Crippen LogP contribution is -2.70. The average Bonchev–Trinajstić information content (AvgIpc) is 3.95. The number of unbranched alkanes of at least 4 members (excludes halogenated alkanes) is 1. The van der Waals surface area contributed by atoms with Gasteiger partial charge in [-0.25, -0.2) is 0 Å². The molecule has 0 amide bonds. The van der Waals surface area contributed by atoms with E-state index in [0.717, 1.165) is 77.6 Å². The molecule has 3 heterocycles. The van der Waals surface area contributed by atoms with Gasteiger partial charge in [0.1, 0.15) is 0 Å². The van der Waals surface area contributed by atoms with Gasteiger partial charge in [-0.1, -0.05) is 74.5 Å². The highest BCUT2D eigenvalue weighted by atomic mass is 15.3. The van der Waals surface area contributed by atoms with Gasteiger partial charge in [0.05, 0.1) is 6.04 Å². The summed E-state index contributed by atoms with van der Waals surface area (Å²) in [4.78, 5) is 9.67. The summed E-state index contributed by atoms with van der Waals surface area (Å²) in [5.41, 5.74) is 11.9. The fourth-order valence-corrected chi connectivity index (χ4v) is 22.0. The molecular formula is C68H103N3. The van der Waals surface area contributed by atoms with Gasteiger partial charge in [0.15, 0.2) is 0 Å². The SMILES string of the molecule is C=CCCCC(C)N1C2=C(CCCC2)C2=CC(C3CCC4C(C3)C(C3=CCCCC3)(C3CCCCC3)C3CC(C5CCC6C(C5)C5=C(CCCC5)N6C5CC=CCC5)CCC3N4C3CCCCC3)CCC21. The molecule has 3 nitrogen and oxygen atoms in total. The standard InChI is InChI=1S/C68H103N3/c1-3-4-9-22-47(2)69-62-33-20-18-31-56(62)58-43-48(35-39-64(58)69)50-37-41-66-60(45-50)68(52-23-10-5-11-24-52,53-25-12-6-13-26-53)61-46-51(38-42-67(61)71(66)55-29-16-8-17-30-55)49-36-40-65-59(44-49)57-32-19-21-34-63(57)70(65)54-27-14-7-15-28-54/h3,7,14,23,43,47-51,53-55,59-61,64-67H,1,4-6,8-13,15-22,24-42,44-46H2,2H3. The minimum atomic E-state index is 0.446. The molecule has 10 aliphatic carbocycles. The van der Waals surface area contributed by atoms with Gasteiger partial charge in [0.25, 0.3) is 0 Å². The molecule has 3 heteroatoms. The molecule has 1 saturated heterocycles. The zero-order valence-electron chi connectivity index (χ0n) is 45.7. The first-order chi connectivity index (χ1) is 35.1.